The molecule has 7 aromatic rings. The Kier molecular flexibility index (Phi) is 9.58. The van der Waals surface area contributed by atoms with Crippen molar-refractivity contribution >= 4 is 57.0 Å². The zero-order valence-corrected chi connectivity index (χ0v) is 31.8. The molecule has 0 aliphatic carbocycles. The van der Waals surface area contributed by atoms with Crippen LogP contribution in [0.3, 0.4) is 0 Å². The normalized spacial score (nSPS) is 11.4. The fourth-order valence-electron chi connectivity index (χ4n) is 7.46. The summed E-state index contributed by atoms with van der Waals surface area (Å²) in [4.78, 5) is 4.79. The van der Waals surface area contributed by atoms with E-state index in [1.54, 1.807) is 0 Å². The summed E-state index contributed by atoms with van der Waals surface area (Å²) in [6.07, 6.45) is 4.42. The maximum Gasteiger partial charge on any atom is 0.0491 e. The van der Waals surface area contributed by atoms with Gasteiger partial charge in [0.05, 0.1) is 0 Å². The zero-order valence-electron chi connectivity index (χ0n) is 31.8. The van der Waals surface area contributed by atoms with E-state index in [1.807, 2.05) is 0 Å². The molecule has 52 heavy (non-hydrogen) atoms. The Morgan fingerprint density at radius 3 is 1.10 bits per heavy atom. The van der Waals surface area contributed by atoms with Crippen LogP contribution in [0.2, 0.25) is 0 Å². The van der Waals surface area contributed by atoms with Gasteiger partial charge < -0.3 is 9.80 Å². The monoisotopic (exact) mass is 676 g/mol. The van der Waals surface area contributed by atoms with Gasteiger partial charge in [-0.25, -0.2) is 0 Å². The molecular weight excluding hydrogens is 629 g/mol. The van der Waals surface area contributed by atoms with Gasteiger partial charge in [-0.15, -0.1) is 0 Å². The highest BCUT2D eigenvalue weighted by molar-refractivity contribution is 5.92. The van der Waals surface area contributed by atoms with Crippen LogP contribution in [0.25, 0.3) is 22.9 Å². The summed E-state index contributed by atoms with van der Waals surface area (Å²) < 4.78 is 0. The van der Waals surface area contributed by atoms with Crippen LogP contribution >= 0.6 is 0 Å². The van der Waals surface area contributed by atoms with Gasteiger partial charge in [0.2, 0.25) is 0 Å². The number of nitrogens with zero attached hydrogens (tertiary/aromatic N) is 2. The topological polar surface area (TPSA) is 6.48 Å². The molecule has 0 aromatic heterocycles. The summed E-state index contributed by atoms with van der Waals surface area (Å²) in [5, 5.41) is 2.44. The van der Waals surface area contributed by atoms with Crippen molar-refractivity contribution in [3.05, 3.63) is 189 Å². The van der Waals surface area contributed by atoms with Gasteiger partial charge in [0.25, 0.3) is 0 Å². The van der Waals surface area contributed by atoms with Gasteiger partial charge in [0.15, 0.2) is 0 Å². The lowest BCUT2D eigenvalue weighted by Crippen LogP contribution is -2.13. The number of aryl methyl sites for hydroxylation is 8. The Morgan fingerprint density at radius 1 is 0.308 bits per heavy atom. The fourth-order valence-corrected chi connectivity index (χ4v) is 7.46. The summed E-state index contributed by atoms with van der Waals surface area (Å²) in [5.74, 6) is 0. The molecule has 0 saturated heterocycles. The summed E-state index contributed by atoms with van der Waals surface area (Å²) in [5.41, 5.74) is 19.6. The van der Waals surface area contributed by atoms with Crippen molar-refractivity contribution in [1.82, 2.24) is 0 Å². The average molecular weight is 677 g/mol. The van der Waals surface area contributed by atoms with Crippen LogP contribution in [0.1, 0.15) is 55.6 Å². The van der Waals surface area contributed by atoms with Crippen LogP contribution in [0, 0.1) is 55.4 Å². The Bertz CT molecular complexity index is 2340. The molecule has 258 valence electrons. The number of fused-ring (bicyclic) bond motifs is 1. The first-order chi connectivity index (χ1) is 25.0. The standard InChI is InChI=1S/C50H48N2/c1-33-9-23-47(37(5)27-33)51(48-24-10-34(2)28-38(48)6)45-20-16-41(17-21-45)13-14-42-15-18-44-32-46(22-19-43(44)31-42)52(49-25-11-35(3)29-39(49)7)50-26-12-36(4)30-40(50)8/h9-32H,1-8H3/b14-13+. The Morgan fingerprint density at radius 2 is 0.654 bits per heavy atom. The first-order valence-electron chi connectivity index (χ1n) is 18.3. The summed E-state index contributed by atoms with van der Waals surface area (Å²) in [6.45, 7) is 17.4. The Labute approximate surface area is 310 Å². The smallest absolute Gasteiger partial charge is 0.0491 e. The quantitative estimate of drug-likeness (QED) is 0.148. The van der Waals surface area contributed by atoms with Gasteiger partial charge in [-0.1, -0.05) is 113 Å². The van der Waals surface area contributed by atoms with E-state index in [9.17, 15) is 0 Å². The molecule has 0 radical (unpaired) electrons. The predicted octanol–water partition coefficient (Wildman–Crippen LogP) is 14.4. The maximum atomic E-state index is 2.40. The second-order valence-electron chi connectivity index (χ2n) is 14.5. The number of benzene rings is 7. The van der Waals surface area contributed by atoms with Crippen molar-refractivity contribution in [1.29, 1.82) is 0 Å². The maximum absolute atomic E-state index is 2.40. The van der Waals surface area contributed by atoms with Crippen LogP contribution in [0.5, 0.6) is 0 Å². The third-order valence-corrected chi connectivity index (χ3v) is 10.1. The minimum absolute atomic E-state index is 1.15. The van der Waals surface area contributed by atoms with Crippen LogP contribution in [0.15, 0.2) is 133 Å². The van der Waals surface area contributed by atoms with Crippen LogP contribution in [-0.4, -0.2) is 0 Å². The first-order valence-corrected chi connectivity index (χ1v) is 18.3. The van der Waals surface area contributed by atoms with E-state index < -0.39 is 0 Å². The second kappa shape index (κ2) is 14.4. The molecule has 7 rings (SSSR count). The molecule has 0 aliphatic heterocycles. The number of rotatable bonds is 8. The molecule has 0 amide bonds. The number of anilines is 6. The highest BCUT2D eigenvalue weighted by Crippen LogP contribution is 2.41. The van der Waals surface area contributed by atoms with Crippen molar-refractivity contribution in [2.24, 2.45) is 0 Å². The molecule has 0 N–H and O–H groups in total. The molecule has 0 fully saturated rings. The van der Waals surface area contributed by atoms with Gasteiger partial charge in [0, 0.05) is 34.1 Å². The highest BCUT2D eigenvalue weighted by Gasteiger charge is 2.18. The van der Waals surface area contributed by atoms with E-state index in [4.69, 9.17) is 0 Å². The van der Waals surface area contributed by atoms with Crippen molar-refractivity contribution < 1.29 is 0 Å². The third-order valence-electron chi connectivity index (χ3n) is 10.1. The van der Waals surface area contributed by atoms with E-state index in [2.05, 4.69) is 211 Å². The predicted molar refractivity (Wildman–Crippen MR) is 227 cm³/mol. The lowest BCUT2D eigenvalue weighted by Gasteiger charge is -2.29. The summed E-state index contributed by atoms with van der Waals surface area (Å²) in [6, 6.07) is 49.3. The van der Waals surface area contributed by atoms with E-state index >= 15 is 0 Å². The molecule has 0 spiro atoms. The lowest BCUT2D eigenvalue weighted by atomic mass is 10.0. The van der Waals surface area contributed by atoms with Gasteiger partial charge in [-0.3, -0.25) is 0 Å². The minimum Gasteiger partial charge on any atom is -0.310 e. The molecule has 7 aromatic carbocycles. The molecule has 0 heterocycles. The van der Waals surface area contributed by atoms with E-state index in [1.165, 1.54) is 83.6 Å². The molecule has 0 aliphatic rings. The molecular formula is C50H48N2. The first kappa shape index (κ1) is 34.6. The summed E-state index contributed by atoms with van der Waals surface area (Å²) in [7, 11) is 0. The number of hydrogen-bond acceptors (Lipinski definition) is 2. The van der Waals surface area contributed by atoms with Gasteiger partial charge >= 0.3 is 0 Å². The lowest BCUT2D eigenvalue weighted by molar-refractivity contribution is 1.21. The summed E-state index contributed by atoms with van der Waals surface area (Å²) >= 11 is 0. The molecule has 0 unspecified atom stereocenters. The van der Waals surface area contributed by atoms with E-state index in [0.29, 0.717) is 0 Å². The number of hydrogen-bond donors (Lipinski definition) is 0. The average Bonchev–Trinajstić information content (AvgIpc) is 3.11. The van der Waals surface area contributed by atoms with Gasteiger partial charge in [-0.2, -0.15) is 0 Å². The molecule has 0 atom stereocenters. The van der Waals surface area contributed by atoms with E-state index in [-0.39, 0.29) is 0 Å². The van der Waals surface area contributed by atoms with Crippen LogP contribution < -0.4 is 9.80 Å². The van der Waals surface area contributed by atoms with E-state index in [0.717, 1.165) is 16.9 Å². The van der Waals surface area contributed by atoms with Gasteiger partial charge in [-0.05, 0) is 154 Å². The van der Waals surface area contributed by atoms with Crippen molar-refractivity contribution in [3.63, 3.8) is 0 Å². The highest BCUT2D eigenvalue weighted by atomic mass is 15.2. The fraction of sp³-hybridized carbons (Fsp3) is 0.160. The minimum atomic E-state index is 1.15. The van der Waals surface area contributed by atoms with Crippen molar-refractivity contribution in [2.45, 2.75) is 55.4 Å². The van der Waals surface area contributed by atoms with Crippen molar-refractivity contribution in [2.75, 3.05) is 9.80 Å². The largest absolute Gasteiger partial charge is 0.310 e. The SMILES string of the molecule is Cc1ccc(N(c2ccc(/C=C/c3ccc4cc(N(c5ccc(C)cc5C)c5ccc(C)cc5C)ccc4c3)cc2)c2ccc(C)cc2C)c(C)c1. The molecule has 0 bridgehead atoms. The van der Waals surface area contributed by atoms with Crippen molar-refractivity contribution in [3.8, 4) is 0 Å². The molecule has 0 saturated carbocycles. The van der Waals surface area contributed by atoms with Crippen LogP contribution in [-0.2, 0) is 0 Å². The Hall–Kier alpha value is -5.86. The molecule has 2 heteroatoms. The molecule has 2 nitrogen and oxygen atoms in total. The third kappa shape index (κ3) is 7.16. The van der Waals surface area contributed by atoms with Gasteiger partial charge in [0.1, 0.15) is 0 Å². The zero-order chi connectivity index (χ0) is 36.5. The Balaban J connectivity index is 1.18. The second-order valence-corrected chi connectivity index (χ2v) is 14.5. The van der Waals surface area contributed by atoms with Crippen LogP contribution in [0.4, 0.5) is 34.1 Å².